The molecule has 0 aliphatic carbocycles. The van der Waals surface area contributed by atoms with Crippen molar-refractivity contribution in [1.82, 2.24) is 0 Å². The summed E-state index contributed by atoms with van der Waals surface area (Å²) >= 11 is 3.33. The quantitative estimate of drug-likeness (QED) is 0.842. The van der Waals surface area contributed by atoms with Crippen molar-refractivity contribution in [3.8, 4) is 0 Å². The maximum absolute atomic E-state index is 12.3. The van der Waals surface area contributed by atoms with Gasteiger partial charge in [0.05, 0.1) is 16.6 Å². The summed E-state index contributed by atoms with van der Waals surface area (Å²) in [6, 6.07) is 12.7. The van der Waals surface area contributed by atoms with E-state index >= 15 is 0 Å². The summed E-state index contributed by atoms with van der Waals surface area (Å²) in [5.74, 6) is -0.215. The summed E-state index contributed by atoms with van der Waals surface area (Å²) in [6.45, 7) is 0.439. The lowest BCUT2D eigenvalue weighted by Crippen LogP contribution is -2.14. The number of carbonyl (C=O) groups is 1. The van der Waals surface area contributed by atoms with Crippen LogP contribution in [0.3, 0.4) is 0 Å². The molecule has 0 spiro atoms. The van der Waals surface area contributed by atoms with E-state index in [9.17, 15) is 4.79 Å². The highest BCUT2D eigenvalue weighted by Crippen LogP contribution is 2.25. The van der Waals surface area contributed by atoms with Crippen molar-refractivity contribution in [2.24, 2.45) is 0 Å². The van der Waals surface area contributed by atoms with Crippen LogP contribution in [-0.4, -0.2) is 13.0 Å². The van der Waals surface area contributed by atoms with Crippen LogP contribution in [0.15, 0.2) is 46.9 Å². The summed E-state index contributed by atoms with van der Waals surface area (Å²) in [7, 11) is 1.62. The highest BCUT2D eigenvalue weighted by molar-refractivity contribution is 9.10. The van der Waals surface area contributed by atoms with Crippen LogP contribution in [0.2, 0.25) is 0 Å². The average Bonchev–Trinajstić information content (AvgIpc) is 2.44. The molecule has 1 amide bonds. The molecule has 0 unspecified atom stereocenters. The molecule has 0 radical (unpaired) electrons. The number of nitrogen functional groups attached to an aromatic ring is 1. The van der Waals surface area contributed by atoms with E-state index in [1.165, 1.54) is 0 Å². The molecule has 0 fully saturated rings. The number of halogens is 1. The molecule has 0 saturated heterocycles. The first-order valence-electron chi connectivity index (χ1n) is 6.05. The van der Waals surface area contributed by atoms with Crippen molar-refractivity contribution in [1.29, 1.82) is 0 Å². The third-order valence-electron chi connectivity index (χ3n) is 2.84. The Labute approximate surface area is 126 Å². The van der Waals surface area contributed by atoms with Crippen molar-refractivity contribution in [3.05, 3.63) is 58.1 Å². The van der Waals surface area contributed by atoms with Crippen LogP contribution < -0.4 is 11.1 Å². The van der Waals surface area contributed by atoms with Gasteiger partial charge in [-0.3, -0.25) is 4.79 Å². The van der Waals surface area contributed by atoms with Crippen molar-refractivity contribution in [2.75, 3.05) is 18.2 Å². The van der Waals surface area contributed by atoms with Gasteiger partial charge in [0.2, 0.25) is 0 Å². The van der Waals surface area contributed by atoms with Crippen molar-refractivity contribution >= 4 is 33.2 Å². The highest BCUT2D eigenvalue weighted by atomic mass is 79.9. The first-order chi connectivity index (χ1) is 9.63. The van der Waals surface area contributed by atoms with E-state index in [1.807, 2.05) is 24.3 Å². The molecule has 0 aromatic heterocycles. The summed E-state index contributed by atoms with van der Waals surface area (Å²) in [6.07, 6.45) is 0. The minimum atomic E-state index is -0.215. The maximum atomic E-state index is 12.3. The fourth-order valence-electron chi connectivity index (χ4n) is 1.84. The van der Waals surface area contributed by atoms with Gasteiger partial charge >= 0.3 is 0 Å². The molecule has 2 aromatic carbocycles. The molecule has 104 valence electrons. The van der Waals surface area contributed by atoms with Gasteiger partial charge in [0.15, 0.2) is 0 Å². The van der Waals surface area contributed by atoms with Crippen LogP contribution in [-0.2, 0) is 11.3 Å². The van der Waals surface area contributed by atoms with E-state index in [1.54, 1.807) is 25.3 Å². The molecule has 0 saturated carbocycles. The lowest BCUT2D eigenvalue weighted by atomic mass is 10.1. The van der Waals surface area contributed by atoms with Gasteiger partial charge in [-0.15, -0.1) is 0 Å². The molecule has 4 nitrogen and oxygen atoms in total. The Morgan fingerprint density at radius 3 is 2.75 bits per heavy atom. The molecule has 2 rings (SSSR count). The number of para-hydroxylation sites is 1. The third-order valence-corrected chi connectivity index (χ3v) is 3.72. The molecule has 20 heavy (non-hydrogen) atoms. The van der Waals surface area contributed by atoms with Gasteiger partial charge in [-0.05, 0) is 34.1 Å². The van der Waals surface area contributed by atoms with Gasteiger partial charge in [0.1, 0.15) is 0 Å². The van der Waals surface area contributed by atoms with Crippen molar-refractivity contribution < 1.29 is 9.53 Å². The number of carbonyl (C=O) groups excluding carboxylic acids is 1. The zero-order valence-electron chi connectivity index (χ0n) is 11.0. The SMILES string of the molecule is COCc1ccccc1NC(=O)c1cccc(N)c1Br. The molecule has 3 N–H and O–H groups in total. The fourth-order valence-corrected chi connectivity index (χ4v) is 2.28. The second-order valence-corrected chi connectivity index (χ2v) is 5.05. The fraction of sp³-hybridized carbons (Fsp3) is 0.133. The summed E-state index contributed by atoms with van der Waals surface area (Å²) in [5, 5.41) is 2.88. The average molecular weight is 335 g/mol. The number of rotatable bonds is 4. The predicted molar refractivity (Wildman–Crippen MR) is 83.7 cm³/mol. The van der Waals surface area contributed by atoms with Gasteiger partial charge in [-0.2, -0.15) is 0 Å². The van der Waals surface area contributed by atoms with Crippen LogP contribution in [0.1, 0.15) is 15.9 Å². The number of nitrogens with two attached hydrogens (primary N) is 1. The monoisotopic (exact) mass is 334 g/mol. The normalized spacial score (nSPS) is 10.3. The van der Waals surface area contributed by atoms with E-state index in [2.05, 4.69) is 21.2 Å². The largest absolute Gasteiger partial charge is 0.398 e. The van der Waals surface area contributed by atoms with Crippen molar-refractivity contribution in [2.45, 2.75) is 6.61 Å². The smallest absolute Gasteiger partial charge is 0.256 e. The molecule has 2 aromatic rings. The zero-order valence-corrected chi connectivity index (χ0v) is 12.6. The lowest BCUT2D eigenvalue weighted by molar-refractivity contribution is 0.102. The van der Waals surface area contributed by atoms with E-state index in [-0.39, 0.29) is 5.91 Å². The Kier molecular flexibility index (Phi) is 4.76. The van der Waals surface area contributed by atoms with E-state index in [0.29, 0.717) is 22.3 Å². The van der Waals surface area contributed by atoms with Crippen LogP contribution >= 0.6 is 15.9 Å². The molecule has 5 heteroatoms. The minimum Gasteiger partial charge on any atom is -0.398 e. The molecular weight excluding hydrogens is 320 g/mol. The summed E-state index contributed by atoms with van der Waals surface area (Å²) < 4.78 is 5.72. The van der Waals surface area contributed by atoms with Crippen molar-refractivity contribution in [3.63, 3.8) is 0 Å². The topological polar surface area (TPSA) is 64.3 Å². The van der Waals surface area contributed by atoms with Crippen LogP contribution in [0, 0.1) is 0 Å². The van der Waals surface area contributed by atoms with E-state index < -0.39 is 0 Å². The van der Waals surface area contributed by atoms with Gasteiger partial charge in [-0.1, -0.05) is 24.3 Å². The second-order valence-electron chi connectivity index (χ2n) is 4.25. The number of benzene rings is 2. The number of hydrogen-bond donors (Lipinski definition) is 2. The standard InChI is InChI=1S/C15H15BrN2O2/c1-20-9-10-5-2-3-8-13(10)18-15(19)11-6-4-7-12(17)14(11)16/h2-8H,9,17H2,1H3,(H,18,19). The Morgan fingerprint density at radius 2 is 2.00 bits per heavy atom. The number of ether oxygens (including phenoxy) is 1. The Bertz CT molecular complexity index is 629. The van der Waals surface area contributed by atoms with Gasteiger partial charge in [-0.25, -0.2) is 0 Å². The van der Waals surface area contributed by atoms with Crippen LogP contribution in [0.25, 0.3) is 0 Å². The molecule has 0 bridgehead atoms. The lowest BCUT2D eigenvalue weighted by Gasteiger charge is -2.12. The highest BCUT2D eigenvalue weighted by Gasteiger charge is 2.13. The maximum Gasteiger partial charge on any atom is 0.256 e. The first-order valence-corrected chi connectivity index (χ1v) is 6.85. The third kappa shape index (κ3) is 3.18. The predicted octanol–water partition coefficient (Wildman–Crippen LogP) is 3.43. The molecular formula is C15H15BrN2O2. The van der Waals surface area contributed by atoms with Crippen LogP contribution in [0.5, 0.6) is 0 Å². The summed E-state index contributed by atoms with van der Waals surface area (Å²) in [5.41, 5.74) is 8.46. The Hall–Kier alpha value is -1.85. The number of nitrogens with one attached hydrogen (secondary N) is 1. The Balaban J connectivity index is 2.26. The summed E-state index contributed by atoms with van der Waals surface area (Å²) in [4.78, 5) is 12.3. The van der Waals surface area contributed by atoms with Crippen LogP contribution in [0.4, 0.5) is 11.4 Å². The van der Waals surface area contributed by atoms with Gasteiger partial charge in [0.25, 0.3) is 5.91 Å². The molecule has 0 atom stereocenters. The second kappa shape index (κ2) is 6.54. The number of methoxy groups -OCH3 is 1. The zero-order chi connectivity index (χ0) is 14.5. The molecule has 0 aliphatic rings. The molecule has 0 heterocycles. The minimum absolute atomic E-state index is 0.215. The number of amides is 1. The Morgan fingerprint density at radius 1 is 1.25 bits per heavy atom. The van der Waals surface area contributed by atoms with E-state index in [0.717, 1.165) is 11.3 Å². The van der Waals surface area contributed by atoms with Gasteiger partial charge in [0, 0.05) is 24.0 Å². The van der Waals surface area contributed by atoms with E-state index in [4.69, 9.17) is 10.5 Å². The number of anilines is 2. The first kappa shape index (κ1) is 14.6. The number of hydrogen-bond acceptors (Lipinski definition) is 3. The molecule has 0 aliphatic heterocycles. The van der Waals surface area contributed by atoms with Gasteiger partial charge < -0.3 is 15.8 Å².